The van der Waals surface area contributed by atoms with Crippen LogP contribution in [0.2, 0.25) is 0 Å². The average molecular weight is 314 g/mol. The zero-order chi connectivity index (χ0) is 12.3. The Labute approximate surface area is 111 Å². The molecule has 0 aliphatic heterocycles. The van der Waals surface area contributed by atoms with Gasteiger partial charge in [-0.05, 0) is 30.4 Å². The van der Waals surface area contributed by atoms with Gasteiger partial charge in [0.1, 0.15) is 0 Å². The fourth-order valence-electron chi connectivity index (χ4n) is 1.32. The second kappa shape index (κ2) is 5.37. The maximum absolute atomic E-state index is 9.07. The number of benzene rings is 1. The predicted octanol–water partition coefficient (Wildman–Crippen LogP) is 2.23. The van der Waals surface area contributed by atoms with Gasteiger partial charge in [-0.2, -0.15) is 5.48 Å². The zero-order valence-electron chi connectivity index (χ0n) is 8.64. The first-order valence-electron chi connectivity index (χ1n) is 4.78. The topological polar surface area (TPSA) is 77.6 Å². The summed E-state index contributed by atoms with van der Waals surface area (Å²) in [5.41, 5.74) is 2.39. The van der Waals surface area contributed by atoms with Crippen molar-refractivity contribution in [1.29, 1.82) is 0 Å². The Balaban J connectivity index is 2.35. The van der Waals surface area contributed by atoms with Gasteiger partial charge in [-0.1, -0.05) is 22.0 Å². The molecule has 1 heterocycles. The highest BCUT2D eigenvalue weighted by Crippen LogP contribution is 2.21. The van der Waals surface area contributed by atoms with Crippen molar-refractivity contribution < 1.29 is 10.7 Å². The van der Waals surface area contributed by atoms with Gasteiger partial charge in [-0.3, -0.25) is 0 Å². The van der Waals surface area contributed by atoms with Gasteiger partial charge < -0.3 is 10.3 Å². The van der Waals surface area contributed by atoms with E-state index in [4.69, 9.17) is 17.4 Å². The van der Waals surface area contributed by atoms with Gasteiger partial charge in [0.2, 0.25) is 5.69 Å². The molecule has 0 fully saturated rings. The quantitative estimate of drug-likeness (QED) is 0.517. The Bertz CT molecular complexity index is 587. The molecule has 0 radical (unpaired) electrons. The Hall–Kier alpha value is -1.28. The summed E-state index contributed by atoms with van der Waals surface area (Å²) in [5.74, 6) is 0.602. The van der Waals surface area contributed by atoms with Gasteiger partial charge in [0.25, 0.3) is 0 Å². The summed E-state index contributed by atoms with van der Waals surface area (Å²) in [5, 5.41) is 12.2. The van der Waals surface area contributed by atoms with Crippen LogP contribution >= 0.6 is 28.1 Å². The molecule has 0 unspecified atom stereocenters. The molecule has 0 spiro atoms. The summed E-state index contributed by atoms with van der Waals surface area (Å²) in [4.78, 5) is 6.77. The minimum atomic E-state index is 0.355. The van der Waals surface area contributed by atoms with Gasteiger partial charge in [0.05, 0.1) is 6.20 Å². The van der Waals surface area contributed by atoms with Crippen LogP contribution in [-0.2, 0) is 0 Å². The maximum atomic E-state index is 9.07. The third kappa shape index (κ3) is 3.10. The minimum absolute atomic E-state index is 0.355. The first kappa shape index (κ1) is 12.2. The Morgan fingerprint density at radius 3 is 3.00 bits per heavy atom. The van der Waals surface area contributed by atoms with Crippen LogP contribution in [0.15, 0.2) is 34.9 Å². The summed E-state index contributed by atoms with van der Waals surface area (Å²) in [6, 6.07) is 7.66. The second-order valence-corrected chi connectivity index (χ2v) is 4.59. The third-order valence-corrected chi connectivity index (χ3v) is 2.78. The van der Waals surface area contributed by atoms with Crippen molar-refractivity contribution in [3.05, 3.63) is 39.7 Å². The van der Waals surface area contributed by atoms with Crippen LogP contribution < -0.4 is 10.8 Å². The van der Waals surface area contributed by atoms with E-state index in [0.29, 0.717) is 16.3 Å². The van der Waals surface area contributed by atoms with Crippen molar-refractivity contribution >= 4 is 45.3 Å². The van der Waals surface area contributed by atoms with Crippen LogP contribution in [0.3, 0.4) is 0 Å². The molecule has 2 aromatic rings. The molecule has 0 saturated carbocycles. The number of aromatic nitrogens is 2. The highest BCUT2D eigenvalue weighted by atomic mass is 79.9. The Kier molecular flexibility index (Phi) is 3.85. The number of hydrogen-bond donors (Lipinski definition) is 4. The lowest BCUT2D eigenvalue weighted by atomic mass is 10.3. The summed E-state index contributed by atoms with van der Waals surface area (Å²) >= 11 is 8.32. The zero-order valence-corrected chi connectivity index (χ0v) is 11.0. The van der Waals surface area contributed by atoms with E-state index in [1.807, 2.05) is 24.3 Å². The molecule has 5 nitrogen and oxygen atoms in total. The highest BCUT2D eigenvalue weighted by Gasteiger charge is 2.07. The number of quaternary nitrogens is 1. The second-order valence-electron chi connectivity index (χ2n) is 3.28. The van der Waals surface area contributed by atoms with Crippen LogP contribution in [0.5, 0.6) is 0 Å². The molecule has 1 aromatic heterocycles. The maximum Gasteiger partial charge on any atom is 0.221 e. The fourth-order valence-corrected chi connectivity index (χ4v) is 1.87. The first-order valence-corrected chi connectivity index (χ1v) is 5.98. The number of nitrogens with one attached hydrogen (secondary N) is 2. The van der Waals surface area contributed by atoms with Crippen LogP contribution in [0.4, 0.5) is 17.2 Å². The number of hydrogen-bond acceptors (Lipinski definition) is 4. The number of nitrogens with zero attached hydrogens (tertiary/aromatic N) is 1. The SMILES string of the molecule is O[NH2+]c1cnc(=S)[nH]c1Nc1cccc(Br)c1. The number of H-pyrrole nitrogens is 1. The van der Waals surface area contributed by atoms with Crippen LogP contribution in [0.25, 0.3) is 0 Å². The van der Waals surface area contributed by atoms with Crippen molar-refractivity contribution in [2.75, 3.05) is 5.32 Å². The third-order valence-electron chi connectivity index (χ3n) is 2.07. The number of rotatable bonds is 3. The lowest BCUT2D eigenvalue weighted by molar-refractivity contribution is -0.825. The van der Waals surface area contributed by atoms with Gasteiger partial charge >= 0.3 is 0 Å². The molecule has 17 heavy (non-hydrogen) atoms. The molecule has 5 N–H and O–H groups in total. The largest absolute Gasteiger partial charge is 0.337 e. The number of nitrogens with two attached hydrogens (primary N) is 1. The summed E-state index contributed by atoms with van der Waals surface area (Å²) < 4.78 is 1.32. The molecule has 0 aliphatic carbocycles. The van der Waals surface area contributed by atoms with E-state index in [1.165, 1.54) is 6.20 Å². The lowest BCUT2D eigenvalue weighted by Gasteiger charge is -2.07. The number of aromatic amines is 1. The van der Waals surface area contributed by atoms with Gasteiger partial charge in [-0.15, -0.1) is 0 Å². The van der Waals surface area contributed by atoms with Crippen LogP contribution in [0.1, 0.15) is 0 Å². The van der Waals surface area contributed by atoms with Crippen LogP contribution in [-0.4, -0.2) is 15.2 Å². The van der Waals surface area contributed by atoms with Crippen molar-refractivity contribution in [3.63, 3.8) is 0 Å². The average Bonchev–Trinajstić information content (AvgIpc) is 2.29. The Morgan fingerprint density at radius 2 is 2.29 bits per heavy atom. The summed E-state index contributed by atoms with van der Waals surface area (Å²) in [6.07, 6.45) is 1.50. The highest BCUT2D eigenvalue weighted by molar-refractivity contribution is 9.10. The molecule has 88 valence electrons. The van der Waals surface area contributed by atoms with Crippen LogP contribution in [0, 0.1) is 4.77 Å². The summed E-state index contributed by atoms with van der Waals surface area (Å²) in [7, 11) is 0. The molecule has 1 aromatic carbocycles. The first-order chi connectivity index (χ1) is 8.19. The molecule has 0 saturated heterocycles. The normalized spacial score (nSPS) is 10.2. The van der Waals surface area contributed by atoms with Gasteiger partial charge in [0.15, 0.2) is 10.6 Å². The molecular weight excluding hydrogens is 304 g/mol. The lowest BCUT2D eigenvalue weighted by Crippen LogP contribution is -2.74. The molecule has 2 rings (SSSR count). The van der Waals surface area contributed by atoms with E-state index < -0.39 is 0 Å². The smallest absolute Gasteiger partial charge is 0.221 e. The fraction of sp³-hybridized carbons (Fsp3) is 0. The van der Waals surface area contributed by atoms with E-state index in [-0.39, 0.29) is 0 Å². The monoisotopic (exact) mass is 313 g/mol. The number of halogens is 1. The molecule has 0 atom stereocenters. The Morgan fingerprint density at radius 1 is 1.47 bits per heavy atom. The van der Waals surface area contributed by atoms with E-state index in [9.17, 15) is 0 Å². The van der Waals surface area contributed by atoms with E-state index >= 15 is 0 Å². The molecule has 0 amide bonds. The van der Waals surface area contributed by atoms with E-state index in [2.05, 4.69) is 31.2 Å². The number of anilines is 2. The minimum Gasteiger partial charge on any atom is -0.337 e. The van der Waals surface area contributed by atoms with Crippen molar-refractivity contribution in [2.45, 2.75) is 0 Å². The predicted molar refractivity (Wildman–Crippen MR) is 70.2 cm³/mol. The van der Waals surface area contributed by atoms with Gasteiger partial charge in [-0.25, -0.2) is 10.2 Å². The molecule has 0 bridgehead atoms. The van der Waals surface area contributed by atoms with Crippen molar-refractivity contribution in [3.8, 4) is 0 Å². The molecular formula is C10H10BrN4OS+. The van der Waals surface area contributed by atoms with Crippen molar-refractivity contribution in [1.82, 2.24) is 9.97 Å². The molecule has 7 heteroatoms. The standard InChI is InChI=1S/C10H9BrN4OS/c11-6-2-1-3-7(4-6)13-9-8(15-16)5-12-10(17)14-9/h1-5,15-16H,(H2,12,13,14,17)/p+1. The summed E-state index contributed by atoms with van der Waals surface area (Å²) in [6.45, 7) is 0. The van der Waals surface area contributed by atoms with Crippen molar-refractivity contribution in [2.24, 2.45) is 0 Å². The van der Waals surface area contributed by atoms with E-state index in [0.717, 1.165) is 15.6 Å². The molecule has 0 aliphatic rings. The van der Waals surface area contributed by atoms with Gasteiger partial charge in [0, 0.05) is 10.2 Å². The van der Waals surface area contributed by atoms with E-state index in [1.54, 1.807) is 0 Å².